The van der Waals surface area contributed by atoms with Gasteiger partial charge in [-0.2, -0.15) is 5.26 Å². The largest absolute Gasteiger partial charge is 0.490 e. The molecule has 122 valence electrons. The molecule has 7 nitrogen and oxygen atoms in total. The minimum Gasteiger partial charge on any atom is -0.490 e. The molecule has 0 unspecified atom stereocenters. The van der Waals surface area contributed by atoms with E-state index in [2.05, 4.69) is 11.4 Å². The van der Waals surface area contributed by atoms with Crippen molar-refractivity contribution in [2.24, 2.45) is 0 Å². The lowest BCUT2D eigenvalue weighted by Gasteiger charge is -2.33. The average molecular weight is 317 g/mol. The maximum absolute atomic E-state index is 12.1. The highest BCUT2D eigenvalue weighted by molar-refractivity contribution is 5.84. The molecular weight excluding hydrogens is 298 g/mol. The highest BCUT2D eigenvalue weighted by Gasteiger charge is 2.27. The van der Waals surface area contributed by atoms with E-state index in [1.54, 1.807) is 29.2 Å². The minimum absolute atomic E-state index is 0.00900. The van der Waals surface area contributed by atoms with E-state index < -0.39 is 12.1 Å². The SMILES string of the molecule is C[C@H](NC(=O)O)C(=O)N1CCC(Oc2ccc(C#N)cc2)CC1. The lowest BCUT2D eigenvalue weighted by atomic mass is 10.1. The van der Waals surface area contributed by atoms with Gasteiger partial charge in [0.05, 0.1) is 11.6 Å². The summed E-state index contributed by atoms with van der Waals surface area (Å²) < 4.78 is 5.85. The number of ether oxygens (including phenoxy) is 1. The lowest BCUT2D eigenvalue weighted by molar-refractivity contribution is -0.134. The van der Waals surface area contributed by atoms with Crippen LogP contribution < -0.4 is 10.1 Å². The summed E-state index contributed by atoms with van der Waals surface area (Å²) in [6, 6.07) is 8.23. The van der Waals surface area contributed by atoms with E-state index in [0.29, 0.717) is 37.2 Å². The monoisotopic (exact) mass is 317 g/mol. The van der Waals surface area contributed by atoms with Crippen LogP contribution in [-0.4, -0.2) is 47.2 Å². The number of nitriles is 1. The Labute approximate surface area is 134 Å². The predicted molar refractivity (Wildman–Crippen MR) is 82.0 cm³/mol. The van der Waals surface area contributed by atoms with Gasteiger partial charge < -0.3 is 20.1 Å². The number of carboxylic acid groups (broad SMARTS) is 1. The van der Waals surface area contributed by atoms with Gasteiger partial charge in [-0.3, -0.25) is 4.79 Å². The summed E-state index contributed by atoms with van der Waals surface area (Å²) in [7, 11) is 0. The summed E-state index contributed by atoms with van der Waals surface area (Å²) in [6.07, 6.45) is 0.177. The number of benzene rings is 1. The van der Waals surface area contributed by atoms with Gasteiger partial charge in [-0.05, 0) is 31.2 Å². The molecule has 0 spiro atoms. The Morgan fingerprint density at radius 1 is 1.35 bits per heavy atom. The van der Waals surface area contributed by atoms with Crippen LogP contribution in [-0.2, 0) is 4.79 Å². The first-order valence-electron chi connectivity index (χ1n) is 7.44. The second-order valence-electron chi connectivity index (χ2n) is 5.45. The molecule has 23 heavy (non-hydrogen) atoms. The second kappa shape index (κ2) is 7.49. The van der Waals surface area contributed by atoms with Gasteiger partial charge >= 0.3 is 6.09 Å². The third-order valence-electron chi connectivity index (χ3n) is 3.75. The molecule has 0 bridgehead atoms. The number of nitrogens with one attached hydrogen (secondary N) is 1. The molecule has 0 saturated carbocycles. The molecule has 1 atom stereocenters. The zero-order valence-electron chi connectivity index (χ0n) is 12.9. The van der Waals surface area contributed by atoms with E-state index >= 15 is 0 Å². The minimum atomic E-state index is -1.20. The summed E-state index contributed by atoms with van der Waals surface area (Å²) in [5.74, 6) is 0.485. The molecule has 1 aromatic carbocycles. The molecular formula is C16H19N3O4. The molecule has 1 saturated heterocycles. The van der Waals surface area contributed by atoms with Crippen molar-refractivity contribution in [1.82, 2.24) is 10.2 Å². The fourth-order valence-corrected chi connectivity index (χ4v) is 2.52. The first-order chi connectivity index (χ1) is 11.0. The molecule has 2 N–H and O–H groups in total. The first kappa shape index (κ1) is 16.6. The van der Waals surface area contributed by atoms with Crippen LogP contribution in [0.15, 0.2) is 24.3 Å². The fourth-order valence-electron chi connectivity index (χ4n) is 2.52. The molecule has 0 aliphatic carbocycles. The van der Waals surface area contributed by atoms with Crippen molar-refractivity contribution >= 4 is 12.0 Å². The number of piperidine rings is 1. The van der Waals surface area contributed by atoms with Crippen LogP contribution in [0.25, 0.3) is 0 Å². The van der Waals surface area contributed by atoms with Crippen molar-refractivity contribution in [3.8, 4) is 11.8 Å². The maximum atomic E-state index is 12.1. The zero-order chi connectivity index (χ0) is 16.8. The number of amides is 2. The maximum Gasteiger partial charge on any atom is 0.405 e. The van der Waals surface area contributed by atoms with Gasteiger partial charge in [0.15, 0.2) is 0 Å². The summed E-state index contributed by atoms with van der Waals surface area (Å²) in [5, 5.41) is 19.6. The van der Waals surface area contributed by atoms with Crippen molar-refractivity contribution < 1.29 is 19.4 Å². The normalized spacial score (nSPS) is 16.3. The highest BCUT2D eigenvalue weighted by atomic mass is 16.5. The van der Waals surface area contributed by atoms with Gasteiger partial charge in [0.1, 0.15) is 17.9 Å². The van der Waals surface area contributed by atoms with Gasteiger partial charge in [-0.25, -0.2) is 4.79 Å². The lowest BCUT2D eigenvalue weighted by Crippen LogP contribution is -2.50. The van der Waals surface area contributed by atoms with Crippen LogP contribution in [0.1, 0.15) is 25.3 Å². The topological polar surface area (TPSA) is 103 Å². The number of nitrogens with zero attached hydrogens (tertiary/aromatic N) is 2. The van der Waals surface area contributed by atoms with Gasteiger partial charge in [0.2, 0.25) is 5.91 Å². The fraction of sp³-hybridized carbons (Fsp3) is 0.438. The van der Waals surface area contributed by atoms with Crippen molar-refractivity contribution in [2.75, 3.05) is 13.1 Å². The van der Waals surface area contributed by atoms with E-state index in [1.165, 1.54) is 6.92 Å². The Morgan fingerprint density at radius 3 is 2.48 bits per heavy atom. The Morgan fingerprint density at radius 2 is 1.96 bits per heavy atom. The summed E-state index contributed by atoms with van der Waals surface area (Å²) in [6.45, 7) is 2.60. The van der Waals surface area contributed by atoms with Gasteiger partial charge in [-0.15, -0.1) is 0 Å². The number of hydrogen-bond acceptors (Lipinski definition) is 4. The highest BCUT2D eigenvalue weighted by Crippen LogP contribution is 2.20. The molecule has 0 radical (unpaired) electrons. The second-order valence-corrected chi connectivity index (χ2v) is 5.45. The van der Waals surface area contributed by atoms with Crippen LogP contribution in [0.5, 0.6) is 5.75 Å². The van der Waals surface area contributed by atoms with Gasteiger partial charge in [0, 0.05) is 25.9 Å². The van der Waals surface area contributed by atoms with Crippen LogP contribution in [0.2, 0.25) is 0 Å². The molecule has 1 fully saturated rings. The smallest absolute Gasteiger partial charge is 0.405 e. The van der Waals surface area contributed by atoms with Gasteiger partial charge in [-0.1, -0.05) is 0 Å². The van der Waals surface area contributed by atoms with Gasteiger partial charge in [0.25, 0.3) is 0 Å². The van der Waals surface area contributed by atoms with Crippen LogP contribution in [0.4, 0.5) is 4.79 Å². The van der Waals surface area contributed by atoms with Crippen LogP contribution in [0, 0.1) is 11.3 Å². The van der Waals surface area contributed by atoms with Crippen LogP contribution >= 0.6 is 0 Å². The molecule has 2 rings (SSSR count). The molecule has 1 aliphatic heterocycles. The number of carbonyl (C=O) groups excluding carboxylic acids is 1. The first-order valence-corrected chi connectivity index (χ1v) is 7.44. The molecule has 1 aromatic rings. The quantitative estimate of drug-likeness (QED) is 0.877. The van der Waals surface area contributed by atoms with E-state index in [9.17, 15) is 9.59 Å². The average Bonchev–Trinajstić information content (AvgIpc) is 2.55. The van der Waals surface area contributed by atoms with Crippen molar-refractivity contribution in [1.29, 1.82) is 5.26 Å². The number of likely N-dealkylation sites (tertiary alicyclic amines) is 1. The Balaban J connectivity index is 1.82. The Hall–Kier alpha value is -2.75. The molecule has 0 aromatic heterocycles. The van der Waals surface area contributed by atoms with Crippen molar-refractivity contribution in [3.63, 3.8) is 0 Å². The Kier molecular flexibility index (Phi) is 5.41. The van der Waals surface area contributed by atoms with Crippen molar-refractivity contribution in [2.45, 2.75) is 31.9 Å². The summed E-state index contributed by atoms with van der Waals surface area (Å²) in [5.41, 5.74) is 0.581. The third kappa shape index (κ3) is 4.61. The van der Waals surface area contributed by atoms with E-state index in [-0.39, 0.29) is 12.0 Å². The van der Waals surface area contributed by atoms with Crippen LogP contribution in [0.3, 0.4) is 0 Å². The van der Waals surface area contributed by atoms with Crippen molar-refractivity contribution in [3.05, 3.63) is 29.8 Å². The van der Waals surface area contributed by atoms with E-state index in [1.807, 2.05) is 0 Å². The third-order valence-corrected chi connectivity index (χ3v) is 3.75. The number of hydrogen-bond donors (Lipinski definition) is 2. The number of carbonyl (C=O) groups is 2. The predicted octanol–water partition coefficient (Wildman–Crippen LogP) is 1.58. The standard InChI is InChI=1S/C16H19N3O4/c1-11(18-16(21)22)15(20)19-8-6-14(7-9-19)23-13-4-2-12(10-17)3-5-13/h2-5,11,14,18H,6-9H2,1H3,(H,21,22)/t11-/m0/s1. The van der Waals surface area contributed by atoms with E-state index in [4.69, 9.17) is 15.1 Å². The molecule has 1 heterocycles. The Bertz CT molecular complexity index is 601. The van der Waals surface area contributed by atoms with E-state index in [0.717, 1.165) is 0 Å². The summed E-state index contributed by atoms with van der Waals surface area (Å²) in [4.78, 5) is 24.3. The number of rotatable bonds is 4. The summed E-state index contributed by atoms with van der Waals surface area (Å²) >= 11 is 0. The molecule has 1 aliphatic rings. The molecule has 7 heteroatoms. The zero-order valence-corrected chi connectivity index (χ0v) is 12.9. The molecule has 2 amide bonds.